The number of ether oxygens (including phenoxy) is 1. The molecule has 34 heavy (non-hydrogen) atoms. The van der Waals surface area contributed by atoms with E-state index in [0.717, 1.165) is 17.7 Å². The van der Waals surface area contributed by atoms with Crippen LogP contribution in [0.2, 0.25) is 0 Å². The molecule has 6 nitrogen and oxygen atoms in total. The maximum atomic E-state index is 14.5. The van der Waals surface area contributed by atoms with Gasteiger partial charge in [0.1, 0.15) is 11.9 Å². The van der Waals surface area contributed by atoms with Crippen molar-refractivity contribution in [3.8, 4) is 11.5 Å². The molecule has 2 bridgehead atoms. The average molecular weight is 463 g/mol. The van der Waals surface area contributed by atoms with Crippen molar-refractivity contribution in [1.82, 2.24) is 9.80 Å². The van der Waals surface area contributed by atoms with Crippen molar-refractivity contribution >= 4 is 5.91 Å². The van der Waals surface area contributed by atoms with Gasteiger partial charge < -0.3 is 19.8 Å². The summed E-state index contributed by atoms with van der Waals surface area (Å²) in [6, 6.07) is 7.82. The zero-order chi connectivity index (χ0) is 23.4. The quantitative estimate of drug-likeness (QED) is 0.687. The predicted octanol–water partition coefficient (Wildman–Crippen LogP) is 2.90. The Bertz CT molecular complexity index is 1260. The lowest BCUT2D eigenvalue weighted by Crippen LogP contribution is -2.78. The van der Waals surface area contributed by atoms with Crippen LogP contribution in [-0.4, -0.2) is 62.8 Å². The molecule has 0 radical (unpaired) electrons. The van der Waals surface area contributed by atoms with Gasteiger partial charge in [0, 0.05) is 29.3 Å². The molecule has 2 aromatic carbocycles. The number of fused-ring (bicyclic) bond motifs is 1. The fourth-order valence-corrected chi connectivity index (χ4v) is 7.89. The van der Waals surface area contributed by atoms with Gasteiger partial charge in [-0.15, -0.1) is 6.58 Å². The molecule has 1 saturated carbocycles. The van der Waals surface area contributed by atoms with Gasteiger partial charge in [0.2, 0.25) is 0 Å². The van der Waals surface area contributed by atoms with Crippen LogP contribution in [0.5, 0.6) is 11.5 Å². The predicted molar refractivity (Wildman–Crippen MR) is 122 cm³/mol. The van der Waals surface area contributed by atoms with Crippen molar-refractivity contribution in [2.75, 3.05) is 13.1 Å². The number of piperidine rings is 1. The van der Waals surface area contributed by atoms with Gasteiger partial charge in [-0.1, -0.05) is 18.2 Å². The van der Waals surface area contributed by atoms with Gasteiger partial charge in [0.05, 0.1) is 23.6 Å². The van der Waals surface area contributed by atoms with Gasteiger partial charge in [-0.25, -0.2) is 4.39 Å². The first kappa shape index (κ1) is 20.5. The molecule has 2 aliphatic carbocycles. The number of phenols is 1. The van der Waals surface area contributed by atoms with Crippen molar-refractivity contribution in [3.63, 3.8) is 0 Å². The van der Waals surface area contributed by atoms with E-state index in [9.17, 15) is 19.4 Å². The van der Waals surface area contributed by atoms with Crippen LogP contribution in [0.1, 0.15) is 46.3 Å². The minimum atomic E-state index is -1.05. The standard InChI is InChI=1S/C27H27FN2O4/c1-2-11-29-12-10-26-22-15-6-7-20(31)23(22)34-24(26)19(8-9-27(26,33)21(29)13-15)30-14-17-16(25(30)32)4-3-5-18(17)28/h2-7,19,21,24,31,33H,1,8-14H2/t19-,21-,24+,26+,27-/m1/s1. The SMILES string of the molecule is C=CCN1CC[C@]23c4c5ccc(O)c4O[C@H]2[C@H](N2Cc4c(F)cccc4C2=O)CC[C@@]3(O)[C@H]1C5. The molecule has 2 fully saturated rings. The number of aromatic hydroxyl groups is 1. The lowest BCUT2D eigenvalue weighted by Gasteiger charge is -2.64. The number of phenolic OH excluding ortho intramolecular Hbond substituents is 1. The third-order valence-corrected chi connectivity index (χ3v) is 9.24. The molecule has 0 aromatic heterocycles. The third kappa shape index (κ3) is 2.20. The van der Waals surface area contributed by atoms with Crippen molar-refractivity contribution in [2.45, 2.75) is 61.4 Å². The third-order valence-electron chi connectivity index (χ3n) is 9.24. The molecule has 1 spiro atoms. The number of hydrogen-bond donors (Lipinski definition) is 2. The second-order valence-electron chi connectivity index (χ2n) is 10.4. The molecule has 176 valence electrons. The second kappa shape index (κ2) is 6.61. The summed E-state index contributed by atoms with van der Waals surface area (Å²) in [5.41, 5.74) is 1.04. The number of halogens is 1. The van der Waals surface area contributed by atoms with Crippen molar-refractivity contribution in [1.29, 1.82) is 0 Å². The minimum absolute atomic E-state index is 0.0673. The highest BCUT2D eigenvalue weighted by molar-refractivity contribution is 5.98. The molecular formula is C27H27FN2O4. The Labute approximate surface area is 197 Å². The van der Waals surface area contributed by atoms with E-state index in [-0.39, 0.29) is 36.1 Å². The Kier molecular flexibility index (Phi) is 3.98. The number of aliphatic hydroxyl groups is 1. The van der Waals surface area contributed by atoms with Gasteiger partial charge in [-0.2, -0.15) is 0 Å². The molecule has 5 aliphatic rings. The highest BCUT2D eigenvalue weighted by Crippen LogP contribution is 2.66. The number of likely N-dealkylation sites (tertiary alicyclic amines) is 1. The van der Waals surface area contributed by atoms with Crippen LogP contribution in [0.15, 0.2) is 43.0 Å². The van der Waals surface area contributed by atoms with E-state index in [4.69, 9.17) is 4.74 Å². The smallest absolute Gasteiger partial charge is 0.254 e. The Morgan fingerprint density at radius 2 is 2.12 bits per heavy atom. The molecule has 2 N–H and O–H groups in total. The van der Waals surface area contributed by atoms with E-state index in [1.807, 2.05) is 12.1 Å². The number of benzene rings is 2. The van der Waals surface area contributed by atoms with Gasteiger partial charge in [-0.05, 0) is 56.0 Å². The number of hydrogen-bond acceptors (Lipinski definition) is 5. The first-order chi connectivity index (χ1) is 16.4. The maximum Gasteiger partial charge on any atom is 0.254 e. The summed E-state index contributed by atoms with van der Waals surface area (Å²) in [7, 11) is 0. The largest absolute Gasteiger partial charge is 0.504 e. The summed E-state index contributed by atoms with van der Waals surface area (Å²) in [5, 5.41) is 23.2. The van der Waals surface area contributed by atoms with Crippen LogP contribution in [0.3, 0.4) is 0 Å². The molecule has 0 unspecified atom stereocenters. The minimum Gasteiger partial charge on any atom is -0.504 e. The normalized spacial score (nSPS) is 35.1. The Morgan fingerprint density at radius 1 is 1.26 bits per heavy atom. The number of amides is 1. The molecule has 5 atom stereocenters. The fourth-order valence-electron chi connectivity index (χ4n) is 7.89. The lowest BCUT2D eigenvalue weighted by atomic mass is 9.48. The molecule has 1 saturated heterocycles. The Balaban J connectivity index is 1.38. The summed E-state index contributed by atoms with van der Waals surface area (Å²) in [6.45, 7) is 5.56. The summed E-state index contributed by atoms with van der Waals surface area (Å²) in [4.78, 5) is 17.4. The fraction of sp³-hybridized carbons (Fsp3) is 0.444. The number of nitrogens with zero attached hydrogens (tertiary/aromatic N) is 2. The van der Waals surface area contributed by atoms with Crippen molar-refractivity contribution < 1.29 is 24.1 Å². The van der Waals surface area contributed by atoms with E-state index in [0.29, 0.717) is 49.1 Å². The molecule has 7 heteroatoms. The summed E-state index contributed by atoms with van der Waals surface area (Å²) >= 11 is 0. The van der Waals surface area contributed by atoms with Crippen LogP contribution in [0.4, 0.5) is 4.39 Å². The highest BCUT2D eigenvalue weighted by atomic mass is 19.1. The van der Waals surface area contributed by atoms with Crippen molar-refractivity contribution in [2.24, 2.45) is 0 Å². The van der Waals surface area contributed by atoms with E-state index < -0.39 is 17.1 Å². The molecule has 1 amide bonds. The molecule has 2 aromatic rings. The molecule has 3 heterocycles. The number of rotatable bonds is 3. The molecule has 7 rings (SSSR count). The Morgan fingerprint density at radius 3 is 2.91 bits per heavy atom. The molecular weight excluding hydrogens is 435 g/mol. The highest BCUT2D eigenvalue weighted by Gasteiger charge is 2.73. The van der Waals surface area contributed by atoms with E-state index in [1.54, 1.807) is 23.1 Å². The van der Waals surface area contributed by atoms with E-state index in [1.165, 1.54) is 6.07 Å². The number of carbonyl (C=O) groups is 1. The first-order valence-corrected chi connectivity index (χ1v) is 12.1. The van der Waals surface area contributed by atoms with Crippen LogP contribution in [0, 0.1) is 5.82 Å². The summed E-state index contributed by atoms with van der Waals surface area (Å²) in [6.07, 6.45) is 3.75. The van der Waals surface area contributed by atoms with E-state index >= 15 is 0 Å². The second-order valence-corrected chi connectivity index (χ2v) is 10.4. The van der Waals surface area contributed by atoms with Gasteiger partial charge in [0.25, 0.3) is 5.91 Å². The van der Waals surface area contributed by atoms with E-state index in [2.05, 4.69) is 11.5 Å². The van der Waals surface area contributed by atoms with Crippen LogP contribution in [0.25, 0.3) is 0 Å². The zero-order valence-electron chi connectivity index (χ0n) is 18.8. The monoisotopic (exact) mass is 462 g/mol. The van der Waals surface area contributed by atoms with Crippen LogP contribution in [-0.2, 0) is 18.4 Å². The Hall–Kier alpha value is -2.90. The molecule has 3 aliphatic heterocycles. The first-order valence-electron chi connectivity index (χ1n) is 12.1. The summed E-state index contributed by atoms with van der Waals surface area (Å²) in [5.74, 6) is -0.0527. The van der Waals surface area contributed by atoms with Gasteiger partial charge in [-0.3, -0.25) is 9.69 Å². The van der Waals surface area contributed by atoms with Gasteiger partial charge >= 0.3 is 0 Å². The lowest BCUT2D eigenvalue weighted by molar-refractivity contribution is -0.196. The van der Waals surface area contributed by atoms with Crippen LogP contribution < -0.4 is 4.74 Å². The maximum absolute atomic E-state index is 14.5. The van der Waals surface area contributed by atoms with Crippen LogP contribution >= 0.6 is 0 Å². The van der Waals surface area contributed by atoms with Crippen molar-refractivity contribution in [3.05, 3.63) is 71.1 Å². The van der Waals surface area contributed by atoms with Gasteiger partial charge in [0.15, 0.2) is 11.5 Å². The zero-order valence-corrected chi connectivity index (χ0v) is 18.8. The topological polar surface area (TPSA) is 73.2 Å². The summed E-state index contributed by atoms with van der Waals surface area (Å²) < 4.78 is 21.1. The number of carbonyl (C=O) groups excluding carboxylic acids is 1. The average Bonchev–Trinajstić information content (AvgIpc) is 3.34.